The first kappa shape index (κ1) is 18.4. The summed E-state index contributed by atoms with van der Waals surface area (Å²) in [5.41, 5.74) is 7.09. The molecule has 2 amide bonds. The molecule has 1 saturated carbocycles. The highest BCUT2D eigenvalue weighted by Crippen LogP contribution is 2.38. The average Bonchev–Trinajstić information content (AvgIpc) is 3.37. The lowest BCUT2D eigenvalue weighted by molar-refractivity contribution is -0.113. The summed E-state index contributed by atoms with van der Waals surface area (Å²) in [7, 11) is 0. The largest absolute Gasteiger partial charge is 0.365 e. The Balaban J connectivity index is 1.43. The van der Waals surface area contributed by atoms with E-state index in [1.165, 1.54) is 40.8 Å². The smallest absolute Gasteiger partial charge is 0.251 e. The van der Waals surface area contributed by atoms with Crippen LogP contribution in [-0.2, 0) is 17.6 Å². The lowest BCUT2D eigenvalue weighted by atomic mass is 9.95. The predicted octanol–water partition coefficient (Wildman–Crippen LogP) is 2.56. The minimum atomic E-state index is -0.470. The number of thiophene rings is 1. The van der Waals surface area contributed by atoms with E-state index in [0.29, 0.717) is 21.8 Å². The van der Waals surface area contributed by atoms with Gasteiger partial charge < -0.3 is 11.1 Å². The number of hydrogen-bond acceptors (Lipinski definition) is 7. The number of amides is 2. The fraction of sp³-hybridized carbons (Fsp3) is 0.588. The third-order valence-corrected chi connectivity index (χ3v) is 7.28. The molecular weight excluding hydrogens is 384 g/mol. The number of fused-ring (bicyclic) bond motifs is 1. The minimum absolute atomic E-state index is 0.179. The van der Waals surface area contributed by atoms with Crippen molar-refractivity contribution in [1.82, 2.24) is 20.2 Å². The highest BCUT2D eigenvalue weighted by molar-refractivity contribution is 7.99. The van der Waals surface area contributed by atoms with E-state index in [1.54, 1.807) is 0 Å². The Morgan fingerprint density at radius 3 is 2.78 bits per heavy atom. The first-order valence-electron chi connectivity index (χ1n) is 9.28. The number of nitrogens with one attached hydrogen (secondary N) is 1. The van der Waals surface area contributed by atoms with Gasteiger partial charge in [-0.05, 0) is 54.5 Å². The van der Waals surface area contributed by atoms with Crippen molar-refractivity contribution in [3.8, 4) is 0 Å². The van der Waals surface area contributed by atoms with Gasteiger partial charge in [0.05, 0.1) is 17.4 Å². The molecule has 2 aliphatic rings. The van der Waals surface area contributed by atoms with Gasteiger partial charge >= 0.3 is 0 Å². The molecule has 0 bridgehead atoms. The molecule has 0 saturated heterocycles. The first-order chi connectivity index (χ1) is 13.1. The quantitative estimate of drug-likeness (QED) is 0.712. The Kier molecular flexibility index (Phi) is 5.44. The SMILES string of the molecule is NC(=O)c1c(NC(=O)CSc2nnnn2C2CCCC2)sc2c1CCCC2. The van der Waals surface area contributed by atoms with E-state index in [9.17, 15) is 9.59 Å². The molecule has 0 aliphatic heterocycles. The third kappa shape index (κ3) is 3.86. The maximum atomic E-state index is 12.5. The molecule has 27 heavy (non-hydrogen) atoms. The second-order valence-corrected chi connectivity index (χ2v) is 9.01. The number of primary amides is 1. The Bertz CT molecular complexity index is 856. The van der Waals surface area contributed by atoms with Crippen LogP contribution < -0.4 is 11.1 Å². The van der Waals surface area contributed by atoms with Crippen molar-refractivity contribution in [2.45, 2.75) is 62.6 Å². The molecule has 0 unspecified atom stereocenters. The van der Waals surface area contributed by atoms with E-state index in [1.807, 2.05) is 4.68 Å². The van der Waals surface area contributed by atoms with Gasteiger partial charge in [0, 0.05) is 4.88 Å². The molecule has 0 radical (unpaired) electrons. The van der Waals surface area contributed by atoms with Gasteiger partial charge in [0.25, 0.3) is 5.91 Å². The zero-order chi connectivity index (χ0) is 18.8. The van der Waals surface area contributed by atoms with Gasteiger partial charge in [0.15, 0.2) is 0 Å². The second kappa shape index (κ2) is 7.97. The summed E-state index contributed by atoms with van der Waals surface area (Å²) in [6, 6.07) is 0.330. The van der Waals surface area contributed by atoms with Crippen LogP contribution in [0.5, 0.6) is 0 Å². The Morgan fingerprint density at radius 2 is 2.00 bits per heavy atom. The van der Waals surface area contributed by atoms with Crippen LogP contribution in [0.4, 0.5) is 5.00 Å². The molecule has 0 aromatic carbocycles. The van der Waals surface area contributed by atoms with Crippen LogP contribution in [0.2, 0.25) is 0 Å². The van der Waals surface area contributed by atoms with Crippen LogP contribution >= 0.6 is 23.1 Å². The molecule has 2 aromatic rings. The lowest BCUT2D eigenvalue weighted by Gasteiger charge is -2.11. The molecule has 0 spiro atoms. The first-order valence-corrected chi connectivity index (χ1v) is 11.1. The van der Waals surface area contributed by atoms with Crippen molar-refractivity contribution in [2.75, 3.05) is 11.1 Å². The average molecular weight is 407 g/mol. The standard InChI is InChI=1S/C17H22N6O2S2/c18-15(25)14-11-7-3-4-8-12(11)27-16(14)19-13(24)9-26-17-20-21-22-23(17)10-5-1-2-6-10/h10H,1-9H2,(H2,18,25)(H,19,24). The molecule has 2 aliphatic carbocycles. The zero-order valence-corrected chi connectivity index (χ0v) is 16.6. The summed E-state index contributed by atoms with van der Waals surface area (Å²) < 4.78 is 1.84. The number of thioether (sulfide) groups is 1. The summed E-state index contributed by atoms with van der Waals surface area (Å²) in [6.07, 6.45) is 8.49. The maximum Gasteiger partial charge on any atom is 0.251 e. The number of hydrogen-bond donors (Lipinski definition) is 2. The molecule has 10 heteroatoms. The Labute approximate surface area is 165 Å². The van der Waals surface area contributed by atoms with E-state index < -0.39 is 5.91 Å². The van der Waals surface area contributed by atoms with E-state index in [4.69, 9.17) is 5.73 Å². The van der Waals surface area contributed by atoms with Gasteiger partial charge in [-0.3, -0.25) is 9.59 Å². The van der Waals surface area contributed by atoms with E-state index in [0.717, 1.165) is 44.1 Å². The molecule has 2 aromatic heterocycles. The normalized spacial score (nSPS) is 17.0. The number of nitrogens with zero attached hydrogens (tertiary/aromatic N) is 4. The van der Waals surface area contributed by atoms with Crippen LogP contribution in [-0.4, -0.2) is 37.8 Å². The van der Waals surface area contributed by atoms with Crippen molar-refractivity contribution in [3.05, 3.63) is 16.0 Å². The number of tetrazole rings is 1. The highest BCUT2D eigenvalue weighted by atomic mass is 32.2. The summed E-state index contributed by atoms with van der Waals surface area (Å²) >= 11 is 2.80. The predicted molar refractivity (Wildman–Crippen MR) is 104 cm³/mol. The Hall–Kier alpha value is -1.94. The molecule has 8 nitrogen and oxygen atoms in total. The summed E-state index contributed by atoms with van der Waals surface area (Å²) in [5, 5.41) is 16.0. The van der Waals surface area contributed by atoms with Crippen LogP contribution in [0.15, 0.2) is 5.16 Å². The van der Waals surface area contributed by atoms with Crippen LogP contribution in [0.3, 0.4) is 0 Å². The number of nitrogens with two attached hydrogens (primary N) is 1. The summed E-state index contributed by atoms with van der Waals surface area (Å²) in [4.78, 5) is 25.6. The van der Waals surface area contributed by atoms with Crippen LogP contribution in [0.25, 0.3) is 0 Å². The fourth-order valence-corrected chi connectivity index (χ4v) is 5.92. The number of rotatable bonds is 6. The van der Waals surface area contributed by atoms with Gasteiger partial charge in [-0.25, -0.2) is 4.68 Å². The monoisotopic (exact) mass is 406 g/mol. The van der Waals surface area contributed by atoms with Crippen molar-refractivity contribution < 1.29 is 9.59 Å². The van der Waals surface area contributed by atoms with Crippen LogP contribution in [0.1, 0.15) is 65.4 Å². The van der Waals surface area contributed by atoms with Gasteiger partial charge in [-0.2, -0.15) is 0 Å². The molecule has 2 heterocycles. The summed E-state index contributed by atoms with van der Waals surface area (Å²) in [5.74, 6) is -0.460. The topological polar surface area (TPSA) is 116 Å². The number of anilines is 1. The lowest BCUT2D eigenvalue weighted by Crippen LogP contribution is -2.19. The van der Waals surface area contributed by atoms with Gasteiger partial charge in [-0.15, -0.1) is 16.4 Å². The molecule has 0 atom stereocenters. The second-order valence-electron chi connectivity index (χ2n) is 6.96. The molecule has 1 fully saturated rings. The maximum absolute atomic E-state index is 12.5. The van der Waals surface area contributed by atoms with Gasteiger partial charge in [0.1, 0.15) is 5.00 Å². The van der Waals surface area contributed by atoms with Crippen molar-refractivity contribution >= 4 is 39.9 Å². The summed E-state index contributed by atoms with van der Waals surface area (Å²) in [6.45, 7) is 0. The number of carbonyl (C=O) groups excluding carboxylic acids is 2. The van der Waals surface area contributed by atoms with Crippen molar-refractivity contribution in [3.63, 3.8) is 0 Å². The van der Waals surface area contributed by atoms with E-state index in [2.05, 4.69) is 20.8 Å². The Morgan fingerprint density at radius 1 is 1.22 bits per heavy atom. The zero-order valence-electron chi connectivity index (χ0n) is 14.9. The molecular formula is C17H22N6O2S2. The van der Waals surface area contributed by atoms with Gasteiger partial charge in [0.2, 0.25) is 11.1 Å². The van der Waals surface area contributed by atoms with Crippen molar-refractivity contribution in [2.24, 2.45) is 5.73 Å². The number of aryl methyl sites for hydroxylation is 1. The number of aromatic nitrogens is 4. The molecule has 144 valence electrons. The molecule has 3 N–H and O–H groups in total. The fourth-order valence-electron chi connectivity index (χ4n) is 3.87. The highest BCUT2D eigenvalue weighted by Gasteiger charge is 2.26. The van der Waals surface area contributed by atoms with Crippen molar-refractivity contribution in [1.29, 1.82) is 0 Å². The molecule has 4 rings (SSSR count). The number of carbonyl (C=O) groups is 2. The van der Waals surface area contributed by atoms with Gasteiger partial charge in [-0.1, -0.05) is 24.6 Å². The minimum Gasteiger partial charge on any atom is -0.365 e. The van der Waals surface area contributed by atoms with E-state index >= 15 is 0 Å². The third-order valence-electron chi connectivity index (χ3n) is 5.14. The van der Waals surface area contributed by atoms with E-state index in [-0.39, 0.29) is 11.7 Å². The van der Waals surface area contributed by atoms with Crippen LogP contribution in [0, 0.1) is 0 Å².